The number of rotatable bonds is 7. The summed E-state index contributed by atoms with van der Waals surface area (Å²) in [4.78, 5) is 15.0. The summed E-state index contributed by atoms with van der Waals surface area (Å²) in [6.07, 6.45) is 1.95. The van der Waals surface area contributed by atoms with Gasteiger partial charge in [0.2, 0.25) is 0 Å². The molecular formula is C27H31N3O3. The third-order valence-electron chi connectivity index (χ3n) is 6.18. The van der Waals surface area contributed by atoms with Crippen LogP contribution >= 0.6 is 0 Å². The monoisotopic (exact) mass is 445 g/mol. The van der Waals surface area contributed by atoms with Crippen LogP contribution in [0.15, 0.2) is 54.6 Å². The molecule has 0 spiro atoms. The molecule has 4 rings (SSSR count). The number of nitrogens with one attached hydrogen (secondary N) is 1. The summed E-state index contributed by atoms with van der Waals surface area (Å²) in [5.41, 5.74) is 12.6. The van der Waals surface area contributed by atoms with Crippen molar-refractivity contribution >= 4 is 17.3 Å². The smallest absolute Gasteiger partial charge is 0.257 e. The maximum Gasteiger partial charge on any atom is 0.257 e. The summed E-state index contributed by atoms with van der Waals surface area (Å²) in [6.45, 7) is 4.85. The zero-order chi connectivity index (χ0) is 23.4. The maximum atomic E-state index is 12.5. The number of methoxy groups -OCH3 is 2. The Hall–Kier alpha value is -3.51. The van der Waals surface area contributed by atoms with E-state index in [1.807, 2.05) is 31.2 Å². The van der Waals surface area contributed by atoms with Crippen molar-refractivity contribution in [2.45, 2.75) is 26.3 Å². The zero-order valence-electron chi connectivity index (χ0n) is 19.5. The van der Waals surface area contributed by atoms with Crippen molar-refractivity contribution in [3.05, 3.63) is 82.4 Å². The van der Waals surface area contributed by atoms with Gasteiger partial charge in [0.1, 0.15) is 0 Å². The summed E-state index contributed by atoms with van der Waals surface area (Å²) >= 11 is 0. The number of aryl methyl sites for hydroxylation is 1. The van der Waals surface area contributed by atoms with Crippen molar-refractivity contribution in [3.63, 3.8) is 0 Å². The molecule has 1 amide bonds. The van der Waals surface area contributed by atoms with Crippen LogP contribution in [-0.2, 0) is 19.4 Å². The Labute approximate surface area is 195 Å². The van der Waals surface area contributed by atoms with E-state index in [-0.39, 0.29) is 5.91 Å². The van der Waals surface area contributed by atoms with E-state index in [1.54, 1.807) is 20.3 Å². The van der Waals surface area contributed by atoms with Gasteiger partial charge in [0.05, 0.1) is 19.8 Å². The predicted molar refractivity (Wildman–Crippen MR) is 132 cm³/mol. The Morgan fingerprint density at radius 3 is 2.36 bits per heavy atom. The molecule has 6 heteroatoms. The molecule has 3 aromatic carbocycles. The van der Waals surface area contributed by atoms with E-state index in [1.165, 1.54) is 16.7 Å². The highest BCUT2D eigenvalue weighted by Crippen LogP contribution is 2.33. The van der Waals surface area contributed by atoms with Gasteiger partial charge in [-0.3, -0.25) is 9.69 Å². The van der Waals surface area contributed by atoms with Crippen molar-refractivity contribution in [2.24, 2.45) is 0 Å². The molecular weight excluding hydrogens is 414 g/mol. The Morgan fingerprint density at radius 1 is 1.00 bits per heavy atom. The Kier molecular flexibility index (Phi) is 6.84. The SMILES string of the molecule is COc1cc2c(cc1OC)CN(CCc1ccc(NC(=O)c3ccc(C)cc3N)cc1)CC2. The molecule has 172 valence electrons. The van der Waals surface area contributed by atoms with E-state index >= 15 is 0 Å². The molecule has 0 saturated carbocycles. The molecule has 0 unspecified atom stereocenters. The number of nitrogen functional groups attached to an aromatic ring is 1. The maximum absolute atomic E-state index is 12.5. The third-order valence-corrected chi connectivity index (χ3v) is 6.18. The highest BCUT2D eigenvalue weighted by Gasteiger charge is 2.19. The van der Waals surface area contributed by atoms with Crippen LogP contribution in [0.4, 0.5) is 11.4 Å². The van der Waals surface area contributed by atoms with Crippen LogP contribution in [0.5, 0.6) is 11.5 Å². The summed E-state index contributed by atoms with van der Waals surface area (Å²) in [6, 6.07) is 17.7. The molecule has 0 bridgehead atoms. The van der Waals surface area contributed by atoms with E-state index in [2.05, 4.69) is 34.5 Å². The molecule has 0 fully saturated rings. The number of nitrogens with two attached hydrogens (primary N) is 1. The molecule has 33 heavy (non-hydrogen) atoms. The highest BCUT2D eigenvalue weighted by atomic mass is 16.5. The van der Waals surface area contributed by atoms with Gasteiger partial charge < -0.3 is 20.5 Å². The van der Waals surface area contributed by atoms with Crippen LogP contribution in [0.1, 0.15) is 32.6 Å². The van der Waals surface area contributed by atoms with Gasteiger partial charge in [-0.2, -0.15) is 0 Å². The van der Waals surface area contributed by atoms with Gasteiger partial charge >= 0.3 is 0 Å². The molecule has 0 saturated heterocycles. The standard InChI is InChI=1S/C27H31N3O3/c1-18-4-9-23(24(28)14-18)27(31)29-22-7-5-19(6-8-22)10-12-30-13-11-20-15-25(32-2)26(33-3)16-21(20)17-30/h4-9,14-16H,10-13,17,28H2,1-3H3,(H,29,31). The lowest BCUT2D eigenvalue weighted by atomic mass is 9.98. The first kappa shape index (κ1) is 22.7. The number of amides is 1. The van der Waals surface area contributed by atoms with Crippen molar-refractivity contribution in [3.8, 4) is 11.5 Å². The highest BCUT2D eigenvalue weighted by molar-refractivity contribution is 6.07. The van der Waals surface area contributed by atoms with Crippen molar-refractivity contribution in [1.82, 2.24) is 4.90 Å². The van der Waals surface area contributed by atoms with Crippen LogP contribution in [-0.4, -0.2) is 38.1 Å². The second-order valence-electron chi connectivity index (χ2n) is 8.49. The van der Waals surface area contributed by atoms with E-state index < -0.39 is 0 Å². The van der Waals surface area contributed by atoms with Gasteiger partial charge in [0.25, 0.3) is 5.91 Å². The Balaban J connectivity index is 1.33. The zero-order valence-corrected chi connectivity index (χ0v) is 19.5. The molecule has 0 aromatic heterocycles. The van der Waals surface area contributed by atoms with Crippen LogP contribution in [0.25, 0.3) is 0 Å². The molecule has 3 N–H and O–H groups in total. The number of nitrogens with zero attached hydrogens (tertiary/aromatic N) is 1. The van der Waals surface area contributed by atoms with Gasteiger partial charge in [-0.15, -0.1) is 0 Å². The lowest BCUT2D eigenvalue weighted by Crippen LogP contribution is -2.32. The average Bonchev–Trinajstić information content (AvgIpc) is 2.82. The fourth-order valence-electron chi connectivity index (χ4n) is 4.26. The topological polar surface area (TPSA) is 76.8 Å². The van der Waals surface area contributed by atoms with Gasteiger partial charge in [-0.25, -0.2) is 0 Å². The first-order valence-electron chi connectivity index (χ1n) is 11.2. The molecule has 1 heterocycles. The molecule has 3 aromatic rings. The predicted octanol–water partition coefficient (Wildman–Crippen LogP) is 4.45. The van der Waals surface area contributed by atoms with Gasteiger partial charge in [0.15, 0.2) is 11.5 Å². The van der Waals surface area contributed by atoms with Crippen molar-refractivity contribution in [1.29, 1.82) is 0 Å². The fraction of sp³-hybridized carbons (Fsp3) is 0.296. The van der Waals surface area contributed by atoms with Gasteiger partial charge in [0, 0.05) is 31.0 Å². The Bertz CT molecular complexity index is 1140. The lowest BCUT2D eigenvalue weighted by molar-refractivity contribution is 0.102. The number of hydrogen-bond donors (Lipinski definition) is 2. The summed E-state index contributed by atoms with van der Waals surface area (Å²) < 4.78 is 10.9. The third kappa shape index (κ3) is 5.29. The number of carbonyl (C=O) groups is 1. The van der Waals surface area contributed by atoms with Gasteiger partial charge in [-0.05, 0) is 78.4 Å². The average molecular weight is 446 g/mol. The van der Waals surface area contributed by atoms with E-state index in [0.29, 0.717) is 11.3 Å². The summed E-state index contributed by atoms with van der Waals surface area (Å²) in [7, 11) is 3.35. The number of hydrogen-bond acceptors (Lipinski definition) is 5. The van der Waals surface area contributed by atoms with E-state index in [4.69, 9.17) is 15.2 Å². The van der Waals surface area contributed by atoms with E-state index in [0.717, 1.165) is 55.2 Å². The quantitative estimate of drug-likeness (QED) is 0.526. The Morgan fingerprint density at radius 2 is 1.70 bits per heavy atom. The molecule has 0 atom stereocenters. The normalized spacial score (nSPS) is 13.3. The van der Waals surface area contributed by atoms with Crippen LogP contribution in [0, 0.1) is 6.92 Å². The van der Waals surface area contributed by atoms with Crippen molar-refractivity contribution < 1.29 is 14.3 Å². The van der Waals surface area contributed by atoms with Gasteiger partial charge in [-0.1, -0.05) is 18.2 Å². The summed E-state index contributed by atoms with van der Waals surface area (Å²) in [5, 5.41) is 2.93. The van der Waals surface area contributed by atoms with Crippen molar-refractivity contribution in [2.75, 3.05) is 38.4 Å². The van der Waals surface area contributed by atoms with E-state index in [9.17, 15) is 4.79 Å². The largest absolute Gasteiger partial charge is 0.493 e. The molecule has 1 aliphatic heterocycles. The fourth-order valence-corrected chi connectivity index (χ4v) is 4.26. The number of anilines is 2. The lowest BCUT2D eigenvalue weighted by Gasteiger charge is -2.29. The molecule has 6 nitrogen and oxygen atoms in total. The first-order chi connectivity index (χ1) is 16.0. The molecule has 0 aliphatic carbocycles. The number of fused-ring (bicyclic) bond motifs is 1. The molecule has 0 radical (unpaired) electrons. The van der Waals surface area contributed by atoms with Crippen LogP contribution in [0.3, 0.4) is 0 Å². The van der Waals surface area contributed by atoms with Crippen LogP contribution in [0.2, 0.25) is 0 Å². The minimum Gasteiger partial charge on any atom is -0.493 e. The summed E-state index contributed by atoms with van der Waals surface area (Å²) in [5.74, 6) is 1.38. The second-order valence-corrected chi connectivity index (χ2v) is 8.49. The minimum absolute atomic E-state index is 0.195. The second kappa shape index (κ2) is 9.96. The van der Waals surface area contributed by atoms with Crippen LogP contribution < -0.4 is 20.5 Å². The number of ether oxygens (including phenoxy) is 2. The first-order valence-corrected chi connectivity index (χ1v) is 11.2. The molecule has 1 aliphatic rings. The number of benzene rings is 3. The number of carbonyl (C=O) groups excluding carboxylic acids is 1. The minimum atomic E-state index is -0.195.